The number of amides is 3. The largest absolute Gasteiger partial charge is 0.453 e. The molecule has 29 heavy (non-hydrogen) atoms. The molecule has 11 heteroatoms. The number of hydrogen-bond donors (Lipinski definition) is 3. The van der Waals surface area contributed by atoms with Crippen LogP contribution in [-0.2, 0) is 14.3 Å². The second-order valence-corrected chi connectivity index (χ2v) is 7.81. The molecule has 3 amide bonds. The van der Waals surface area contributed by atoms with E-state index in [1.54, 1.807) is 13.8 Å². The van der Waals surface area contributed by atoms with E-state index in [9.17, 15) is 32.7 Å². The summed E-state index contributed by atoms with van der Waals surface area (Å²) in [5.74, 6) is -2.27. The number of aliphatic hydroxyl groups is 1. The van der Waals surface area contributed by atoms with Crippen molar-refractivity contribution < 1.29 is 37.4 Å². The average Bonchev–Trinajstić information content (AvgIpc) is 3.11. The number of alkyl halides is 3. The highest BCUT2D eigenvalue weighted by molar-refractivity contribution is 5.92. The third kappa shape index (κ3) is 6.48. The van der Waals surface area contributed by atoms with Gasteiger partial charge in [-0.25, -0.2) is 4.79 Å². The summed E-state index contributed by atoms with van der Waals surface area (Å²) in [5.41, 5.74) is 0. The van der Waals surface area contributed by atoms with Crippen molar-refractivity contribution in [1.82, 2.24) is 15.5 Å². The Morgan fingerprint density at radius 1 is 1.10 bits per heavy atom. The molecule has 3 N–H and O–H groups in total. The van der Waals surface area contributed by atoms with Crippen LogP contribution >= 0.6 is 0 Å². The van der Waals surface area contributed by atoms with Gasteiger partial charge in [0.25, 0.3) is 0 Å². The normalized spacial score (nSPS) is 20.4. The van der Waals surface area contributed by atoms with Crippen molar-refractivity contribution in [1.29, 1.82) is 0 Å². The fourth-order valence-corrected chi connectivity index (χ4v) is 3.26. The van der Waals surface area contributed by atoms with Crippen LogP contribution in [0, 0.1) is 11.8 Å². The van der Waals surface area contributed by atoms with Crippen molar-refractivity contribution in [2.75, 3.05) is 13.7 Å². The van der Waals surface area contributed by atoms with E-state index in [0.29, 0.717) is 6.42 Å². The van der Waals surface area contributed by atoms with Crippen LogP contribution in [0.4, 0.5) is 18.0 Å². The highest BCUT2D eigenvalue weighted by Gasteiger charge is 2.46. The lowest BCUT2D eigenvalue weighted by atomic mass is 9.97. The van der Waals surface area contributed by atoms with Crippen molar-refractivity contribution in [3.8, 4) is 0 Å². The van der Waals surface area contributed by atoms with Gasteiger partial charge >= 0.3 is 12.3 Å². The van der Waals surface area contributed by atoms with Crippen LogP contribution in [0.25, 0.3) is 0 Å². The van der Waals surface area contributed by atoms with Crippen LogP contribution < -0.4 is 10.6 Å². The summed E-state index contributed by atoms with van der Waals surface area (Å²) in [7, 11) is 1.15. The van der Waals surface area contributed by atoms with E-state index in [-0.39, 0.29) is 18.9 Å². The summed E-state index contributed by atoms with van der Waals surface area (Å²) >= 11 is 0. The number of rotatable bonds is 7. The van der Waals surface area contributed by atoms with Gasteiger partial charge in [0.1, 0.15) is 12.1 Å². The summed E-state index contributed by atoms with van der Waals surface area (Å²) < 4.78 is 43.3. The van der Waals surface area contributed by atoms with Crippen molar-refractivity contribution >= 4 is 17.9 Å². The van der Waals surface area contributed by atoms with Gasteiger partial charge in [-0.1, -0.05) is 27.7 Å². The molecule has 0 saturated carbocycles. The van der Waals surface area contributed by atoms with Crippen LogP contribution in [0.15, 0.2) is 0 Å². The molecular weight excluding hydrogens is 395 g/mol. The molecule has 1 saturated heterocycles. The molecule has 2 unspecified atom stereocenters. The van der Waals surface area contributed by atoms with Gasteiger partial charge in [0.2, 0.25) is 11.8 Å². The first kappa shape index (κ1) is 25.0. The summed E-state index contributed by atoms with van der Waals surface area (Å²) in [4.78, 5) is 38.4. The minimum atomic E-state index is -4.89. The molecule has 1 aliphatic heterocycles. The van der Waals surface area contributed by atoms with E-state index in [1.807, 2.05) is 0 Å². The molecule has 0 radical (unpaired) electrons. The highest BCUT2D eigenvalue weighted by Crippen LogP contribution is 2.26. The second-order valence-electron chi connectivity index (χ2n) is 7.81. The van der Waals surface area contributed by atoms with Crippen molar-refractivity contribution in [2.24, 2.45) is 11.8 Å². The predicted molar refractivity (Wildman–Crippen MR) is 97.7 cm³/mol. The Hall–Kier alpha value is -2.04. The first-order chi connectivity index (χ1) is 13.3. The van der Waals surface area contributed by atoms with Gasteiger partial charge in [-0.05, 0) is 24.7 Å². The molecule has 1 rings (SSSR count). The van der Waals surface area contributed by atoms with Crippen molar-refractivity contribution in [3.63, 3.8) is 0 Å². The summed E-state index contributed by atoms with van der Waals surface area (Å²) in [6.45, 7) is 6.55. The quantitative estimate of drug-likeness (QED) is 0.572. The fraction of sp³-hybridized carbons (Fsp3) is 0.833. The predicted octanol–water partition coefficient (Wildman–Crippen LogP) is 1.42. The maximum absolute atomic E-state index is 12.9. The molecule has 4 atom stereocenters. The maximum Gasteiger partial charge on any atom is 0.416 e. The Kier molecular flexibility index (Phi) is 8.73. The molecular formula is C18H30F3N3O5. The highest BCUT2D eigenvalue weighted by atomic mass is 19.4. The molecule has 0 aromatic rings. The van der Waals surface area contributed by atoms with Crippen LogP contribution in [-0.4, -0.2) is 72.0 Å². The first-order valence-electron chi connectivity index (χ1n) is 9.51. The van der Waals surface area contributed by atoms with Gasteiger partial charge in [0, 0.05) is 6.54 Å². The molecule has 8 nitrogen and oxygen atoms in total. The number of carbonyl (C=O) groups excluding carboxylic acids is 3. The number of ether oxygens (including phenoxy) is 1. The number of alkyl carbamates (subject to hydrolysis) is 1. The number of likely N-dealkylation sites (tertiary alicyclic amines) is 1. The number of hydrogen-bond acceptors (Lipinski definition) is 5. The topological polar surface area (TPSA) is 108 Å². The lowest BCUT2D eigenvalue weighted by Gasteiger charge is -2.33. The third-order valence-electron chi connectivity index (χ3n) is 4.93. The molecule has 1 aliphatic rings. The number of nitrogens with zero attached hydrogens (tertiary/aromatic N) is 1. The van der Waals surface area contributed by atoms with E-state index in [2.05, 4.69) is 15.4 Å². The first-order valence-corrected chi connectivity index (χ1v) is 9.51. The molecule has 0 aromatic heterocycles. The lowest BCUT2D eigenvalue weighted by molar-refractivity contribution is -0.215. The maximum atomic E-state index is 12.9. The Labute approximate surface area is 168 Å². The van der Waals surface area contributed by atoms with Gasteiger partial charge in [0.15, 0.2) is 6.10 Å². The average molecular weight is 425 g/mol. The van der Waals surface area contributed by atoms with Crippen LogP contribution in [0.3, 0.4) is 0 Å². The molecule has 0 bridgehead atoms. The molecule has 1 heterocycles. The van der Waals surface area contributed by atoms with Gasteiger partial charge < -0.3 is 25.4 Å². The van der Waals surface area contributed by atoms with Crippen LogP contribution in [0.5, 0.6) is 0 Å². The number of methoxy groups -OCH3 is 1. The van der Waals surface area contributed by atoms with Crippen molar-refractivity contribution in [2.45, 2.75) is 70.9 Å². The zero-order chi connectivity index (χ0) is 22.5. The Bertz CT molecular complexity index is 598. The van der Waals surface area contributed by atoms with Crippen LogP contribution in [0.2, 0.25) is 0 Å². The van der Waals surface area contributed by atoms with Crippen molar-refractivity contribution in [3.05, 3.63) is 0 Å². The summed E-state index contributed by atoms with van der Waals surface area (Å²) in [6.07, 6.45) is -7.65. The molecule has 168 valence electrons. The minimum absolute atomic E-state index is 0.233. The SMILES string of the molecule is COC(=O)NC(C(=O)N1CCC[C@H]1C(=O)N[C@@H](C(C)C)C(O)C(F)(F)F)C(C)C. The molecule has 0 aromatic carbocycles. The number of aliphatic hydroxyl groups excluding tert-OH is 1. The zero-order valence-electron chi connectivity index (χ0n) is 17.2. The van der Waals surface area contributed by atoms with Crippen LogP contribution in [0.1, 0.15) is 40.5 Å². The van der Waals surface area contributed by atoms with Gasteiger partial charge in [0.05, 0.1) is 13.2 Å². The lowest BCUT2D eigenvalue weighted by Crippen LogP contribution is -2.59. The molecule has 1 fully saturated rings. The number of halogens is 3. The third-order valence-corrected chi connectivity index (χ3v) is 4.93. The zero-order valence-corrected chi connectivity index (χ0v) is 17.2. The smallest absolute Gasteiger partial charge is 0.416 e. The second kappa shape index (κ2) is 10.1. The standard InChI is InChI=1S/C18H30F3N3O5/c1-9(2)12(14(25)18(19,20)21)22-15(26)11-7-6-8-24(11)16(27)13(10(3)4)23-17(28)29-5/h9-14,25H,6-8H2,1-5H3,(H,22,26)(H,23,28)/t11-,12-,13?,14?/m0/s1. The van der Waals surface area contributed by atoms with E-state index in [4.69, 9.17) is 0 Å². The monoisotopic (exact) mass is 425 g/mol. The number of carbonyl (C=O) groups is 3. The summed E-state index contributed by atoms with van der Waals surface area (Å²) in [5, 5.41) is 14.3. The van der Waals surface area contributed by atoms with Gasteiger partial charge in [-0.15, -0.1) is 0 Å². The Balaban J connectivity index is 2.97. The van der Waals surface area contributed by atoms with E-state index in [1.165, 1.54) is 18.7 Å². The Morgan fingerprint density at radius 2 is 1.69 bits per heavy atom. The van der Waals surface area contributed by atoms with Gasteiger partial charge in [-0.3, -0.25) is 9.59 Å². The van der Waals surface area contributed by atoms with E-state index < -0.39 is 54.2 Å². The molecule has 0 spiro atoms. The minimum Gasteiger partial charge on any atom is -0.453 e. The summed E-state index contributed by atoms with van der Waals surface area (Å²) in [6, 6.07) is -3.48. The number of nitrogens with one attached hydrogen (secondary N) is 2. The molecule has 0 aliphatic carbocycles. The van der Waals surface area contributed by atoms with E-state index >= 15 is 0 Å². The fourth-order valence-electron chi connectivity index (χ4n) is 3.26. The van der Waals surface area contributed by atoms with Gasteiger partial charge in [-0.2, -0.15) is 13.2 Å². The van der Waals surface area contributed by atoms with E-state index in [0.717, 1.165) is 7.11 Å². The Morgan fingerprint density at radius 3 is 2.14 bits per heavy atom.